The van der Waals surface area contributed by atoms with Gasteiger partial charge in [-0.25, -0.2) is 0 Å². The van der Waals surface area contributed by atoms with Gasteiger partial charge in [-0.05, 0) is 41.9 Å². The number of pyridine rings is 1. The maximum Gasteiger partial charge on any atom is 0.0592 e. The molecule has 1 aromatic heterocycles. The van der Waals surface area contributed by atoms with E-state index in [1.165, 1.54) is 0 Å². The largest absolute Gasteiger partial charge is 0.306 e. The average molecular weight is 281 g/mol. The number of aromatic nitrogens is 1. The molecule has 2 rings (SSSR count). The molecule has 0 aliphatic heterocycles. The zero-order chi connectivity index (χ0) is 13.0. The van der Waals surface area contributed by atoms with Crippen molar-refractivity contribution in [2.24, 2.45) is 0 Å². The third-order valence-corrected chi connectivity index (χ3v) is 3.08. The summed E-state index contributed by atoms with van der Waals surface area (Å²) in [5, 5.41) is 4.70. The first-order valence-electron chi connectivity index (χ1n) is 5.80. The quantitative estimate of drug-likeness (QED) is 0.913. The van der Waals surface area contributed by atoms with Gasteiger partial charge in [0, 0.05) is 22.4 Å². The highest BCUT2D eigenvalue weighted by molar-refractivity contribution is 6.34. The van der Waals surface area contributed by atoms with Gasteiger partial charge in [0.05, 0.1) is 6.04 Å². The lowest BCUT2D eigenvalue weighted by atomic mass is 10.0. The van der Waals surface area contributed by atoms with E-state index in [-0.39, 0.29) is 6.04 Å². The Balaban J connectivity index is 2.41. The molecular weight excluding hydrogens is 267 g/mol. The van der Waals surface area contributed by atoms with Crippen molar-refractivity contribution in [2.45, 2.75) is 13.0 Å². The molecule has 4 heteroatoms. The summed E-state index contributed by atoms with van der Waals surface area (Å²) >= 11 is 12.1. The van der Waals surface area contributed by atoms with Crippen LogP contribution in [0.3, 0.4) is 0 Å². The Bertz CT molecular complexity index is 494. The summed E-state index contributed by atoms with van der Waals surface area (Å²) in [6.45, 7) is 2.92. The highest BCUT2D eigenvalue weighted by Gasteiger charge is 2.14. The molecule has 0 aliphatic rings. The Morgan fingerprint density at radius 1 is 1.17 bits per heavy atom. The van der Waals surface area contributed by atoms with E-state index in [0.29, 0.717) is 10.0 Å². The second-order valence-corrected chi connectivity index (χ2v) is 4.85. The second-order valence-electron chi connectivity index (χ2n) is 3.98. The Morgan fingerprint density at radius 2 is 1.89 bits per heavy atom. The monoisotopic (exact) mass is 280 g/mol. The summed E-state index contributed by atoms with van der Waals surface area (Å²) in [6, 6.07) is 9.60. The van der Waals surface area contributed by atoms with Crippen LogP contribution in [0.1, 0.15) is 24.1 Å². The smallest absolute Gasteiger partial charge is 0.0592 e. The van der Waals surface area contributed by atoms with Crippen molar-refractivity contribution < 1.29 is 0 Å². The van der Waals surface area contributed by atoms with Crippen molar-refractivity contribution >= 4 is 23.2 Å². The minimum Gasteiger partial charge on any atom is -0.306 e. The SMILES string of the molecule is CCNC(c1cccnc1)c1cc(Cl)cc(Cl)c1. The molecule has 0 saturated carbocycles. The molecule has 1 heterocycles. The van der Waals surface area contributed by atoms with E-state index in [2.05, 4.69) is 17.2 Å². The van der Waals surface area contributed by atoms with Crippen LogP contribution < -0.4 is 5.32 Å². The van der Waals surface area contributed by atoms with Gasteiger partial charge >= 0.3 is 0 Å². The van der Waals surface area contributed by atoms with Gasteiger partial charge in [-0.1, -0.05) is 36.2 Å². The van der Waals surface area contributed by atoms with Gasteiger partial charge in [0.15, 0.2) is 0 Å². The molecule has 0 fully saturated rings. The van der Waals surface area contributed by atoms with Crippen molar-refractivity contribution in [3.63, 3.8) is 0 Å². The fraction of sp³-hybridized carbons (Fsp3) is 0.214. The lowest BCUT2D eigenvalue weighted by Gasteiger charge is -2.19. The molecule has 18 heavy (non-hydrogen) atoms. The first-order valence-corrected chi connectivity index (χ1v) is 6.55. The van der Waals surface area contributed by atoms with Crippen LogP contribution in [0.25, 0.3) is 0 Å². The minimum absolute atomic E-state index is 0.0555. The van der Waals surface area contributed by atoms with E-state index in [1.54, 1.807) is 12.3 Å². The van der Waals surface area contributed by atoms with Crippen molar-refractivity contribution in [1.82, 2.24) is 10.3 Å². The molecule has 1 aromatic carbocycles. The second kappa shape index (κ2) is 6.19. The van der Waals surface area contributed by atoms with Gasteiger partial charge in [0.2, 0.25) is 0 Å². The van der Waals surface area contributed by atoms with Crippen molar-refractivity contribution in [3.8, 4) is 0 Å². The zero-order valence-corrected chi connectivity index (χ0v) is 11.5. The average Bonchev–Trinajstić information content (AvgIpc) is 2.36. The summed E-state index contributed by atoms with van der Waals surface area (Å²) in [4.78, 5) is 4.15. The summed E-state index contributed by atoms with van der Waals surface area (Å²) < 4.78 is 0. The maximum absolute atomic E-state index is 6.05. The molecule has 0 saturated heterocycles. The standard InChI is InChI=1S/C14H14Cl2N2/c1-2-18-14(10-4-3-5-17-9-10)11-6-12(15)8-13(16)7-11/h3-9,14,18H,2H2,1H3. The molecular formula is C14H14Cl2N2. The Morgan fingerprint density at radius 3 is 2.44 bits per heavy atom. The molecule has 1 atom stereocenters. The van der Waals surface area contributed by atoms with E-state index in [9.17, 15) is 0 Å². The van der Waals surface area contributed by atoms with Crippen LogP contribution in [0.5, 0.6) is 0 Å². The first-order chi connectivity index (χ1) is 8.70. The van der Waals surface area contributed by atoms with Gasteiger partial charge in [0.1, 0.15) is 0 Å². The zero-order valence-electron chi connectivity index (χ0n) is 10.0. The topological polar surface area (TPSA) is 24.9 Å². The molecule has 0 bridgehead atoms. The minimum atomic E-state index is 0.0555. The van der Waals surface area contributed by atoms with Gasteiger partial charge < -0.3 is 5.32 Å². The van der Waals surface area contributed by atoms with E-state index >= 15 is 0 Å². The number of rotatable bonds is 4. The number of nitrogens with one attached hydrogen (secondary N) is 1. The summed E-state index contributed by atoms with van der Waals surface area (Å²) in [5.74, 6) is 0. The van der Waals surface area contributed by atoms with E-state index in [4.69, 9.17) is 23.2 Å². The highest BCUT2D eigenvalue weighted by Crippen LogP contribution is 2.27. The van der Waals surface area contributed by atoms with Gasteiger partial charge in [-0.2, -0.15) is 0 Å². The van der Waals surface area contributed by atoms with Gasteiger partial charge in [0.25, 0.3) is 0 Å². The molecule has 94 valence electrons. The number of nitrogens with zero attached hydrogens (tertiary/aromatic N) is 1. The van der Waals surface area contributed by atoms with Crippen molar-refractivity contribution in [2.75, 3.05) is 6.54 Å². The molecule has 1 unspecified atom stereocenters. The number of halogens is 2. The predicted octanol–water partition coefficient (Wildman–Crippen LogP) is 4.09. The lowest BCUT2D eigenvalue weighted by molar-refractivity contribution is 0.629. The third-order valence-electron chi connectivity index (χ3n) is 2.64. The van der Waals surface area contributed by atoms with Crippen LogP contribution in [0.15, 0.2) is 42.7 Å². The molecule has 2 nitrogen and oxygen atoms in total. The first kappa shape index (κ1) is 13.3. The fourth-order valence-electron chi connectivity index (χ4n) is 1.92. The maximum atomic E-state index is 6.05. The van der Waals surface area contributed by atoms with Crippen LogP contribution in [0, 0.1) is 0 Å². The van der Waals surface area contributed by atoms with E-state index in [1.807, 2.05) is 30.5 Å². The normalized spacial score (nSPS) is 12.4. The molecule has 0 aliphatic carbocycles. The van der Waals surface area contributed by atoms with Crippen LogP contribution in [0.2, 0.25) is 10.0 Å². The van der Waals surface area contributed by atoms with Crippen LogP contribution in [-0.4, -0.2) is 11.5 Å². The van der Waals surface area contributed by atoms with Crippen molar-refractivity contribution in [3.05, 3.63) is 63.9 Å². The predicted molar refractivity (Wildman–Crippen MR) is 76.2 cm³/mol. The van der Waals surface area contributed by atoms with Crippen LogP contribution in [-0.2, 0) is 0 Å². The molecule has 2 aromatic rings. The fourth-order valence-corrected chi connectivity index (χ4v) is 2.46. The Kier molecular flexibility index (Phi) is 4.59. The summed E-state index contributed by atoms with van der Waals surface area (Å²) in [7, 11) is 0. The van der Waals surface area contributed by atoms with Crippen LogP contribution in [0.4, 0.5) is 0 Å². The molecule has 0 radical (unpaired) electrons. The third kappa shape index (κ3) is 3.22. The van der Waals surface area contributed by atoms with Crippen LogP contribution >= 0.6 is 23.2 Å². The summed E-state index contributed by atoms with van der Waals surface area (Å²) in [6.07, 6.45) is 3.61. The lowest BCUT2D eigenvalue weighted by Crippen LogP contribution is -2.22. The molecule has 0 spiro atoms. The number of hydrogen-bond acceptors (Lipinski definition) is 2. The molecule has 1 N–H and O–H groups in total. The molecule has 0 amide bonds. The van der Waals surface area contributed by atoms with Crippen molar-refractivity contribution in [1.29, 1.82) is 0 Å². The van der Waals surface area contributed by atoms with E-state index in [0.717, 1.165) is 17.7 Å². The number of hydrogen-bond donors (Lipinski definition) is 1. The highest BCUT2D eigenvalue weighted by atomic mass is 35.5. The summed E-state index contributed by atoms with van der Waals surface area (Å²) in [5.41, 5.74) is 2.14. The Labute approximate surface area is 117 Å². The number of benzene rings is 1. The Hall–Kier alpha value is -1.09. The van der Waals surface area contributed by atoms with Gasteiger partial charge in [-0.15, -0.1) is 0 Å². The van der Waals surface area contributed by atoms with E-state index < -0.39 is 0 Å². The van der Waals surface area contributed by atoms with Gasteiger partial charge in [-0.3, -0.25) is 4.98 Å².